The lowest BCUT2D eigenvalue weighted by atomic mass is 10.1. The quantitative estimate of drug-likeness (QED) is 0.866. The Hall–Kier alpha value is -1.72. The first-order valence-electron chi connectivity index (χ1n) is 6.63. The molecule has 0 heterocycles. The molecule has 0 saturated heterocycles. The van der Waals surface area contributed by atoms with E-state index in [0.29, 0.717) is 10.5 Å². The van der Waals surface area contributed by atoms with Gasteiger partial charge in [-0.05, 0) is 43.2 Å². The van der Waals surface area contributed by atoms with Crippen molar-refractivity contribution in [2.45, 2.75) is 24.8 Å². The van der Waals surface area contributed by atoms with Gasteiger partial charge in [-0.25, -0.2) is 12.8 Å². The molecular formula is C16H18FNO2S. The summed E-state index contributed by atoms with van der Waals surface area (Å²) < 4.78 is 39.7. The van der Waals surface area contributed by atoms with Gasteiger partial charge >= 0.3 is 0 Å². The van der Waals surface area contributed by atoms with Crippen molar-refractivity contribution in [2.24, 2.45) is 0 Å². The van der Waals surface area contributed by atoms with Crippen LogP contribution in [0.2, 0.25) is 0 Å². The zero-order valence-corrected chi connectivity index (χ0v) is 13.1. The molecule has 0 saturated carbocycles. The third-order valence-corrected chi connectivity index (χ3v) is 5.74. The molecule has 2 aromatic rings. The minimum absolute atomic E-state index is 0.293. The Morgan fingerprint density at radius 1 is 1.05 bits per heavy atom. The number of hydrogen-bond acceptors (Lipinski definition) is 2. The van der Waals surface area contributed by atoms with Gasteiger partial charge in [-0.1, -0.05) is 30.3 Å². The fourth-order valence-corrected chi connectivity index (χ4v) is 3.73. The molecule has 0 aliphatic rings. The lowest BCUT2D eigenvalue weighted by Gasteiger charge is -2.25. The number of halogens is 1. The van der Waals surface area contributed by atoms with E-state index in [2.05, 4.69) is 0 Å². The van der Waals surface area contributed by atoms with E-state index in [4.69, 9.17) is 0 Å². The van der Waals surface area contributed by atoms with Crippen LogP contribution in [0.5, 0.6) is 0 Å². The minimum Gasteiger partial charge on any atom is -0.207 e. The Kier molecular flexibility index (Phi) is 4.44. The maximum Gasteiger partial charge on any atom is 0.243 e. The van der Waals surface area contributed by atoms with Crippen LogP contribution < -0.4 is 0 Å². The third-order valence-electron chi connectivity index (χ3n) is 3.65. The average Bonchev–Trinajstić information content (AvgIpc) is 2.46. The molecule has 0 N–H and O–H groups in total. The highest BCUT2D eigenvalue weighted by atomic mass is 32.2. The van der Waals surface area contributed by atoms with Gasteiger partial charge in [0.25, 0.3) is 0 Å². The lowest BCUT2D eigenvalue weighted by Crippen LogP contribution is -2.30. The van der Waals surface area contributed by atoms with E-state index < -0.39 is 10.0 Å². The minimum atomic E-state index is -3.59. The van der Waals surface area contributed by atoms with E-state index >= 15 is 0 Å². The molecule has 0 fully saturated rings. The molecule has 0 bridgehead atoms. The zero-order valence-electron chi connectivity index (χ0n) is 12.2. The van der Waals surface area contributed by atoms with Gasteiger partial charge in [0.2, 0.25) is 10.0 Å². The summed E-state index contributed by atoms with van der Waals surface area (Å²) in [6, 6.07) is 12.4. The summed E-state index contributed by atoms with van der Waals surface area (Å²) >= 11 is 0. The van der Waals surface area contributed by atoms with Crippen molar-refractivity contribution >= 4 is 10.0 Å². The lowest BCUT2D eigenvalue weighted by molar-refractivity contribution is 0.398. The SMILES string of the molecule is Cc1ccccc1S(=O)(=O)N(C)C(C)c1ccc(F)cc1. The van der Waals surface area contributed by atoms with Crippen molar-refractivity contribution in [2.75, 3.05) is 7.05 Å². The van der Waals surface area contributed by atoms with E-state index in [-0.39, 0.29) is 11.9 Å². The second-order valence-corrected chi connectivity index (χ2v) is 6.98. The topological polar surface area (TPSA) is 37.4 Å². The average molecular weight is 307 g/mol. The fourth-order valence-electron chi connectivity index (χ4n) is 2.16. The highest BCUT2D eigenvalue weighted by Crippen LogP contribution is 2.27. The van der Waals surface area contributed by atoms with Crippen LogP contribution in [0, 0.1) is 12.7 Å². The predicted molar refractivity (Wildman–Crippen MR) is 80.9 cm³/mol. The molecule has 2 rings (SSSR count). The molecular weight excluding hydrogens is 289 g/mol. The Morgan fingerprint density at radius 2 is 1.62 bits per heavy atom. The first-order chi connectivity index (χ1) is 9.84. The first kappa shape index (κ1) is 15.7. The van der Waals surface area contributed by atoms with Crippen LogP contribution in [0.4, 0.5) is 4.39 Å². The van der Waals surface area contributed by atoms with Crippen LogP contribution in [0.15, 0.2) is 53.4 Å². The van der Waals surface area contributed by atoms with Crippen LogP contribution in [0.3, 0.4) is 0 Å². The molecule has 0 aromatic heterocycles. The summed E-state index contributed by atoms with van der Waals surface area (Å²) in [7, 11) is -2.05. The summed E-state index contributed by atoms with van der Waals surface area (Å²) in [6.45, 7) is 3.55. The molecule has 0 aliphatic heterocycles. The summed E-state index contributed by atoms with van der Waals surface area (Å²) in [5.41, 5.74) is 1.45. The van der Waals surface area contributed by atoms with E-state index in [1.165, 1.54) is 23.5 Å². The van der Waals surface area contributed by atoms with E-state index in [9.17, 15) is 12.8 Å². The highest BCUT2D eigenvalue weighted by Gasteiger charge is 2.27. The van der Waals surface area contributed by atoms with Crippen molar-refractivity contribution in [3.63, 3.8) is 0 Å². The third kappa shape index (κ3) is 3.14. The highest BCUT2D eigenvalue weighted by molar-refractivity contribution is 7.89. The molecule has 1 unspecified atom stereocenters. The summed E-state index contributed by atoms with van der Waals surface area (Å²) in [4.78, 5) is 0.293. The summed E-state index contributed by atoms with van der Waals surface area (Å²) in [5.74, 6) is -0.338. The fraction of sp³-hybridized carbons (Fsp3) is 0.250. The molecule has 0 amide bonds. The van der Waals surface area contributed by atoms with Crippen molar-refractivity contribution in [1.29, 1.82) is 0 Å². The van der Waals surface area contributed by atoms with Crippen LogP contribution in [-0.4, -0.2) is 19.8 Å². The van der Waals surface area contributed by atoms with Crippen molar-refractivity contribution < 1.29 is 12.8 Å². The van der Waals surface area contributed by atoms with E-state index in [0.717, 1.165) is 5.56 Å². The monoisotopic (exact) mass is 307 g/mol. The summed E-state index contributed by atoms with van der Waals surface area (Å²) in [6.07, 6.45) is 0. The van der Waals surface area contributed by atoms with Crippen molar-refractivity contribution in [3.8, 4) is 0 Å². The second-order valence-electron chi connectivity index (χ2n) is 5.01. The summed E-state index contributed by atoms with van der Waals surface area (Å²) in [5, 5.41) is 0. The van der Waals surface area contributed by atoms with Crippen LogP contribution >= 0.6 is 0 Å². The molecule has 0 radical (unpaired) electrons. The number of aryl methyl sites for hydroxylation is 1. The molecule has 0 aliphatic carbocycles. The maximum absolute atomic E-state index is 13.0. The normalized spacial score (nSPS) is 13.4. The Bertz CT molecular complexity index is 726. The Morgan fingerprint density at radius 3 is 2.19 bits per heavy atom. The first-order valence-corrected chi connectivity index (χ1v) is 8.07. The van der Waals surface area contributed by atoms with Crippen molar-refractivity contribution in [1.82, 2.24) is 4.31 Å². The molecule has 0 spiro atoms. The molecule has 2 aromatic carbocycles. The second kappa shape index (κ2) is 5.95. The number of nitrogens with zero attached hydrogens (tertiary/aromatic N) is 1. The van der Waals surface area contributed by atoms with Crippen molar-refractivity contribution in [3.05, 3.63) is 65.5 Å². The molecule has 21 heavy (non-hydrogen) atoms. The van der Waals surface area contributed by atoms with Gasteiger partial charge in [0.15, 0.2) is 0 Å². The number of benzene rings is 2. The molecule has 1 atom stereocenters. The number of rotatable bonds is 4. The van der Waals surface area contributed by atoms with Gasteiger partial charge in [0, 0.05) is 13.1 Å². The van der Waals surface area contributed by atoms with Gasteiger partial charge < -0.3 is 0 Å². The van der Waals surface area contributed by atoms with Crippen LogP contribution in [0.25, 0.3) is 0 Å². The molecule has 3 nitrogen and oxygen atoms in total. The predicted octanol–water partition coefficient (Wildman–Crippen LogP) is 3.52. The van der Waals surface area contributed by atoms with Gasteiger partial charge in [-0.2, -0.15) is 4.31 Å². The van der Waals surface area contributed by atoms with Gasteiger partial charge in [0.1, 0.15) is 5.82 Å². The molecule has 5 heteroatoms. The van der Waals surface area contributed by atoms with E-state index in [1.54, 1.807) is 50.2 Å². The van der Waals surface area contributed by atoms with Gasteiger partial charge in [-0.15, -0.1) is 0 Å². The number of hydrogen-bond donors (Lipinski definition) is 0. The smallest absolute Gasteiger partial charge is 0.207 e. The zero-order chi connectivity index (χ0) is 15.6. The Balaban J connectivity index is 2.36. The van der Waals surface area contributed by atoms with Gasteiger partial charge in [0.05, 0.1) is 4.90 Å². The van der Waals surface area contributed by atoms with Gasteiger partial charge in [-0.3, -0.25) is 0 Å². The molecule has 112 valence electrons. The maximum atomic E-state index is 13.0. The van der Waals surface area contributed by atoms with E-state index in [1.807, 2.05) is 0 Å². The van der Waals surface area contributed by atoms with Crippen LogP contribution in [-0.2, 0) is 10.0 Å². The largest absolute Gasteiger partial charge is 0.243 e. The standard InChI is InChI=1S/C16H18FNO2S/c1-12-6-4-5-7-16(12)21(19,20)18(3)13(2)14-8-10-15(17)11-9-14/h4-11,13H,1-3H3. The number of sulfonamides is 1. The Labute approximate surface area is 125 Å². The van der Waals surface area contributed by atoms with Crippen LogP contribution in [0.1, 0.15) is 24.1 Å².